The number of carbonyl (C=O) groups is 4. The van der Waals surface area contributed by atoms with E-state index in [4.69, 9.17) is 4.74 Å². The van der Waals surface area contributed by atoms with Crippen LogP contribution in [0.2, 0.25) is 0 Å². The molecule has 9 nitrogen and oxygen atoms in total. The fourth-order valence-corrected chi connectivity index (χ4v) is 2.92. The highest BCUT2D eigenvalue weighted by Crippen LogP contribution is 2.25. The molecule has 12 heteroatoms. The Kier molecular flexibility index (Phi) is 6.20. The topological polar surface area (TPSA) is 112 Å². The van der Waals surface area contributed by atoms with Gasteiger partial charge in [0.05, 0.1) is 12.1 Å². The molecule has 2 atom stereocenters. The highest BCUT2D eigenvalue weighted by atomic mass is 19.4. The van der Waals surface area contributed by atoms with E-state index in [9.17, 15) is 32.3 Å². The zero-order chi connectivity index (χ0) is 22.8. The summed E-state index contributed by atoms with van der Waals surface area (Å²) in [5.41, 5.74) is 0.952. The van der Waals surface area contributed by atoms with E-state index < -0.39 is 42.2 Å². The van der Waals surface area contributed by atoms with E-state index in [1.54, 1.807) is 36.5 Å². The molecule has 0 bridgehead atoms. The number of hydrogen-bond donors (Lipinski definition) is 0. The van der Waals surface area contributed by atoms with Crippen LogP contribution in [0.3, 0.4) is 0 Å². The SMILES string of the molecule is CC(=O)O[C@@H](C(=O)OC(=O)C(F)(F)F)[C@H]1OCCN(c2ccc3cccnc3c2)C1=O. The number of hydrogen-bond acceptors (Lipinski definition) is 8. The van der Waals surface area contributed by atoms with E-state index >= 15 is 0 Å². The first kappa shape index (κ1) is 22.2. The monoisotopic (exact) mass is 440 g/mol. The number of aromatic nitrogens is 1. The zero-order valence-electron chi connectivity index (χ0n) is 15.9. The Labute approximate surface area is 172 Å². The molecule has 1 aliphatic heterocycles. The second-order valence-corrected chi connectivity index (χ2v) is 6.40. The number of rotatable bonds is 4. The minimum atomic E-state index is -5.46. The quantitative estimate of drug-likeness (QED) is 0.520. The van der Waals surface area contributed by atoms with Crippen molar-refractivity contribution < 1.29 is 46.6 Å². The number of morpholine rings is 1. The number of pyridine rings is 1. The summed E-state index contributed by atoms with van der Waals surface area (Å²) in [5, 5.41) is 0.801. The molecule has 1 saturated heterocycles. The number of halogens is 3. The van der Waals surface area contributed by atoms with Gasteiger partial charge < -0.3 is 19.1 Å². The summed E-state index contributed by atoms with van der Waals surface area (Å²) in [4.78, 5) is 52.8. The van der Waals surface area contributed by atoms with Gasteiger partial charge in [0.1, 0.15) is 0 Å². The van der Waals surface area contributed by atoms with Crippen molar-refractivity contribution in [1.29, 1.82) is 0 Å². The first-order valence-corrected chi connectivity index (χ1v) is 8.86. The summed E-state index contributed by atoms with van der Waals surface area (Å²) in [6.45, 7) is 0.790. The summed E-state index contributed by atoms with van der Waals surface area (Å²) >= 11 is 0. The maximum Gasteiger partial charge on any atom is 0.491 e. The molecule has 1 fully saturated rings. The molecule has 0 aliphatic carbocycles. The fourth-order valence-electron chi connectivity index (χ4n) is 2.92. The van der Waals surface area contributed by atoms with E-state index in [0.29, 0.717) is 11.2 Å². The molecule has 31 heavy (non-hydrogen) atoms. The predicted octanol–water partition coefficient (Wildman–Crippen LogP) is 1.53. The standard InChI is InChI=1S/C19H15F3N2O7/c1-10(25)30-15(17(27)31-18(28)19(20,21)22)14-16(26)24(7-8-29-14)12-5-4-11-3-2-6-23-13(11)9-12/h2-6,9,14-15H,7-8H2,1H3/t14-,15-/m1/s1. The van der Waals surface area contributed by atoms with Crippen molar-refractivity contribution in [3.8, 4) is 0 Å². The Balaban J connectivity index is 1.87. The van der Waals surface area contributed by atoms with Crippen LogP contribution in [-0.2, 0) is 33.4 Å². The second-order valence-electron chi connectivity index (χ2n) is 6.40. The Bertz CT molecular complexity index is 1040. The number of nitrogens with zero attached hydrogens (tertiary/aromatic N) is 2. The van der Waals surface area contributed by atoms with Gasteiger partial charge in [-0.15, -0.1) is 0 Å². The van der Waals surface area contributed by atoms with Gasteiger partial charge >= 0.3 is 24.1 Å². The number of ether oxygens (including phenoxy) is 3. The molecular weight excluding hydrogens is 425 g/mol. The van der Waals surface area contributed by atoms with Gasteiger partial charge in [0.2, 0.25) is 6.10 Å². The molecule has 1 aliphatic rings. The molecule has 1 amide bonds. The average molecular weight is 440 g/mol. The molecule has 3 rings (SSSR count). The molecule has 0 radical (unpaired) electrons. The first-order valence-electron chi connectivity index (χ1n) is 8.86. The highest BCUT2D eigenvalue weighted by molar-refractivity contribution is 6.03. The van der Waals surface area contributed by atoms with Gasteiger partial charge in [0.25, 0.3) is 5.91 Å². The van der Waals surface area contributed by atoms with Crippen LogP contribution in [-0.4, -0.2) is 60.3 Å². The molecule has 0 saturated carbocycles. The van der Waals surface area contributed by atoms with Gasteiger partial charge in [0.15, 0.2) is 6.10 Å². The van der Waals surface area contributed by atoms with Crippen LogP contribution >= 0.6 is 0 Å². The Hall–Kier alpha value is -3.54. The lowest BCUT2D eigenvalue weighted by Gasteiger charge is -2.34. The molecule has 164 valence electrons. The Morgan fingerprint density at radius 3 is 2.68 bits per heavy atom. The van der Waals surface area contributed by atoms with Gasteiger partial charge in [-0.25, -0.2) is 9.59 Å². The van der Waals surface area contributed by atoms with E-state index in [-0.39, 0.29) is 13.2 Å². The van der Waals surface area contributed by atoms with Crippen LogP contribution in [0.15, 0.2) is 36.5 Å². The van der Waals surface area contributed by atoms with E-state index in [1.165, 1.54) is 4.90 Å². The highest BCUT2D eigenvalue weighted by Gasteiger charge is 2.48. The summed E-state index contributed by atoms with van der Waals surface area (Å²) in [5.74, 6) is -6.65. The molecule has 1 aromatic heterocycles. The number of alkyl halides is 3. The van der Waals surface area contributed by atoms with Crippen LogP contribution < -0.4 is 4.90 Å². The van der Waals surface area contributed by atoms with Gasteiger partial charge in [-0.05, 0) is 18.2 Å². The number of benzene rings is 1. The fraction of sp³-hybridized carbons (Fsp3) is 0.316. The van der Waals surface area contributed by atoms with Gasteiger partial charge in [-0.1, -0.05) is 12.1 Å². The van der Waals surface area contributed by atoms with E-state index in [2.05, 4.69) is 14.5 Å². The van der Waals surface area contributed by atoms with E-state index in [1.807, 2.05) is 0 Å². The number of carbonyl (C=O) groups excluding carboxylic acids is 4. The van der Waals surface area contributed by atoms with Crippen molar-refractivity contribution in [2.45, 2.75) is 25.3 Å². The van der Waals surface area contributed by atoms with Crippen LogP contribution in [0.1, 0.15) is 6.92 Å². The van der Waals surface area contributed by atoms with Crippen molar-refractivity contribution in [1.82, 2.24) is 4.98 Å². The van der Waals surface area contributed by atoms with Gasteiger partial charge in [0, 0.05) is 30.7 Å². The third kappa shape index (κ3) is 4.97. The van der Waals surface area contributed by atoms with E-state index in [0.717, 1.165) is 12.3 Å². The lowest BCUT2D eigenvalue weighted by Crippen LogP contribution is -2.56. The van der Waals surface area contributed by atoms with Crippen LogP contribution in [0.4, 0.5) is 18.9 Å². The molecule has 2 heterocycles. The van der Waals surface area contributed by atoms with Crippen molar-refractivity contribution in [3.05, 3.63) is 36.5 Å². The number of esters is 3. The van der Waals surface area contributed by atoms with Crippen molar-refractivity contribution >= 4 is 40.4 Å². The van der Waals surface area contributed by atoms with Crippen molar-refractivity contribution in [3.63, 3.8) is 0 Å². The van der Waals surface area contributed by atoms with Crippen LogP contribution in [0, 0.1) is 0 Å². The molecule has 0 unspecified atom stereocenters. The third-order valence-electron chi connectivity index (χ3n) is 4.25. The number of fused-ring (bicyclic) bond motifs is 1. The van der Waals surface area contributed by atoms with Gasteiger partial charge in [-0.3, -0.25) is 14.6 Å². The molecule has 0 spiro atoms. The lowest BCUT2D eigenvalue weighted by molar-refractivity contribution is -0.208. The average Bonchev–Trinajstić information content (AvgIpc) is 2.71. The van der Waals surface area contributed by atoms with Crippen LogP contribution in [0.25, 0.3) is 10.9 Å². The molecular formula is C19H15F3N2O7. The minimum Gasteiger partial charge on any atom is -0.447 e. The molecule has 2 aromatic rings. The smallest absolute Gasteiger partial charge is 0.447 e. The first-order chi connectivity index (χ1) is 14.6. The maximum absolute atomic E-state index is 12.9. The number of amides is 1. The Morgan fingerprint density at radius 1 is 1.26 bits per heavy atom. The normalized spacial score (nSPS) is 17.9. The predicted molar refractivity (Wildman–Crippen MR) is 96.5 cm³/mol. The van der Waals surface area contributed by atoms with Crippen LogP contribution in [0.5, 0.6) is 0 Å². The van der Waals surface area contributed by atoms with Gasteiger partial charge in [-0.2, -0.15) is 13.2 Å². The molecule has 1 aromatic carbocycles. The zero-order valence-corrected chi connectivity index (χ0v) is 15.9. The Morgan fingerprint density at radius 2 is 2.00 bits per heavy atom. The van der Waals surface area contributed by atoms with Crippen molar-refractivity contribution in [2.24, 2.45) is 0 Å². The lowest BCUT2D eigenvalue weighted by atomic mass is 10.1. The maximum atomic E-state index is 12.9. The third-order valence-corrected chi connectivity index (χ3v) is 4.25. The number of anilines is 1. The molecule has 0 N–H and O–H groups in total. The summed E-state index contributed by atoms with van der Waals surface area (Å²) < 4.78 is 50.9. The second kappa shape index (κ2) is 8.68. The minimum absolute atomic E-state index is 0.0526. The van der Waals surface area contributed by atoms with Crippen molar-refractivity contribution in [2.75, 3.05) is 18.1 Å². The largest absolute Gasteiger partial charge is 0.491 e. The summed E-state index contributed by atoms with van der Waals surface area (Å²) in [6, 6.07) is 8.45. The summed E-state index contributed by atoms with van der Waals surface area (Å²) in [6.07, 6.45) is -7.93. The summed E-state index contributed by atoms with van der Waals surface area (Å²) in [7, 11) is 0.